The van der Waals surface area contributed by atoms with Crippen molar-refractivity contribution in [3.8, 4) is 33.8 Å². The fourth-order valence-electron chi connectivity index (χ4n) is 7.50. The van der Waals surface area contributed by atoms with E-state index in [1.54, 1.807) is 0 Å². The van der Waals surface area contributed by atoms with E-state index in [4.69, 9.17) is 14.4 Å². The van der Waals surface area contributed by atoms with Gasteiger partial charge in [-0.15, -0.1) is 0 Å². The van der Waals surface area contributed by atoms with Crippen LogP contribution >= 0.6 is 7.14 Å². The molecule has 0 amide bonds. The van der Waals surface area contributed by atoms with Crippen molar-refractivity contribution in [2.45, 2.75) is 0 Å². The number of aromatic nitrogens is 2. The predicted molar refractivity (Wildman–Crippen MR) is 220 cm³/mol. The van der Waals surface area contributed by atoms with Crippen LogP contribution in [-0.2, 0) is 4.57 Å². The van der Waals surface area contributed by atoms with Gasteiger partial charge in [0, 0.05) is 43.2 Å². The maximum atomic E-state index is 15.0. The first-order chi connectivity index (χ1) is 26.1. The minimum Gasteiger partial charge on any atom is -0.436 e. The second kappa shape index (κ2) is 12.6. The number of nitrogens with zero attached hydrogens (tertiary/aromatic N) is 2. The van der Waals surface area contributed by atoms with E-state index in [9.17, 15) is 4.57 Å². The average molecular weight is 699 g/mol. The molecule has 0 N–H and O–H groups in total. The van der Waals surface area contributed by atoms with Crippen LogP contribution in [-0.4, -0.2) is 9.97 Å². The zero-order valence-electron chi connectivity index (χ0n) is 28.6. The highest BCUT2D eigenvalue weighted by Gasteiger charge is 2.29. The molecule has 250 valence electrons. The van der Waals surface area contributed by atoms with Crippen LogP contribution in [0, 0.1) is 0 Å². The lowest BCUT2D eigenvalue weighted by Crippen LogP contribution is -2.24. The van der Waals surface area contributed by atoms with E-state index >= 15 is 0 Å². The first-order valence-corrected chi connectivity index (χ1v) is 19.4. The number of oxazole rings is 1. The highest BCUT2D eigenvalue weighted by Crippen LogP contribution is 2.43. The largest absolute Gasteiger partial charge is 0.436 e. The third-order valence-corrected chi connectivity index (χ3v) is 13.2. The number of pyridine rings is 1. The van der Waals surface area contributed by atoms with Crippen LogP contribution in [0.3, 0.4) is 0 Å². The fourth-order valence-corrected chi connectivity index (χ4v) is 10.2. The van der Waals surface area contributed by atoms with Gasteiger partial charge in [0.25, 0.3) is 0 Å². The van der Waals surface area contributed by atoms with Gasteiger partial charge in [-0.2, -0.15) is 0 Å². The summed E-state index contributed by atoms with van der Waals surface area (Å²) in [7, 11) is -3.06. The Balaban J connectivity index is 1.03. The van der Waals surface area contributed by atoms with Crippen molar-refractivity contribution in [3.05, 3.63) is 188 Å². The summed E-state index contributed by atoms with van der Waals surface area (Å²) in [5.74, 6) is 0.605. The summed E-state index contributed by atoms with van der Waals surface area (Å²) in [5, 5.41) is 7.75. The molecule has 2 heterocycles. The second-order valence-electron chi connectivity index (χ2n) is 13.3. The summed E-state index contributed by atoms with van der Waals surface area (Å²) in [6, 6.07) is 63.3. The van der Waals surface area contributed by atoms with Gasteiger partial charge in [-0.1, -0.05) is 146 Å². The Morgan fingerprint density at radius 1 is 0.434 bits per heavy atom. The Bertz CT molecular complexity index is 2970. The first-order valence-electron chi connectivity index (χ1n) is 17.7. The molecule has 0 fully saturated rings. The van der Waals surface area contributed by atoms with E-state index in [-0.39, 0.29) is 0 Å². The number of para-hydroxylation sites is 1. The molecule has 0 unspecified atom stereocenters. The van der Waals surface area contributed by atoms with Gasteiger partial charge in [0.05, 0.1) is 11.2 Å². The molecule has 10 aromatic rings. The van der Waals surface area contributed by atoms with E-state index in [1.165, 1.54) is 0 Å². The van der Waals surface area contributed by atoms with Crippen LogP contribution in [0.25, 0.3) is 77.4 Å². The van der Waals surface area contributed by atoms with E-state index in [0.29, 0.717) is 5.89 Å². The Morgan fingerprint density at radius 2 is 1.04 bits per heavy atom. The zero-order valence-corrected chi connectivity index (χ0v) is 29.5. The maximum Gasteiger partial charge on any atom is 0.227 e. The zero-order chi connectivity index (χ0) is 35.4. The quantitative estimate of drug-likeness (QED) is 0.128. The second-order valence-corrected chi connectivity index (χ2v) is 16.1. The molecule has 0 saturated carbocycles. The fraction of sp³-hybridized carbons (Fsp3) is 0. The highest BCUT2D eigenvalue weighted by atomic mass is 31.2. The number of hydrogen-bond acceptors (Lipinski definition) is 4. The van der Waals surface area contributed by atoms with Crippen molar-refractivity contribution in [2.24, 2.45) is 0 Å². The van der Waals surface area contributed by atoms with E-state index in [2.05, 4.69) is 72.8 Å². The summed E-state index contributed by atoms with van der Waals surface area (Å²) in [6.45, 7) is 0. The summed E-state index contributed by atoms with van der Waals surface area (Å²) >= 11 is 0. The standard InChI is InChI=1S/C48H31N2O2P/c51-53(38-14-6-2-7-15-38,39-16-8-3-9-17-39)40-27-26-36-30-35(24-25-37(36)31-40)32-20-22-33(23-21-32)46-42-28-29-44-47(45(42)41-18-10-11-19-43(41)49-46)50-48(52-44)34-12-4-1-5-13-34/h1-31H. The van der Waals surface area contributed by atoms with Crippen LogP contribution in [0.15, 0.2) is 192 Å². The topological polar surface area (TPSA) is 56.0 Å². The van der Waals surface area contributed by atoms with Gasteiger partial charge >= 0.3 is 0 Å². The minimum atomic E-state index is -3.06. The Hall–Kier alpha value is -6.61. The van der Waals surface area contributed by atoms with Crippen LogP contribution in [0.4, 0.5) is 0 Å². The molecule has 5 heteroatoms. The van der Waals surface area contributed by atoms with Crippen LogP contribution in [0.1, 0.15) is 0 Å². The van der Waals surface area contributed by atoms with E-state index in [0.717, 1.165) is 87.4 Å². The third kappa shape index (κ3) is 5.27. The van der Waals surface area contributed by atoms with Gasteiger partial charge < -0.3 is 8.98 Å². The number of rotatable bonds is 6. The van der Waals surface area contributed by atoms with Crippen molar-refractivity contribution >= 4 is 66.6 Å². The molecule has 0 radical (unpaired) electrons. The van der Waals surface area contributed by atoms with Crippen molar-refractivity contribution in [1.82, 2.24) is 9.97 Å². The van der Waals surface area contributed by atoms with Gasteiger partial charge in [-0.05, 0) is 64.4 Å². The van der Waals surface area contributed by atoms with Gasteiger partial charge in [0.15, 0.2) is 12.7 Å². The molecular weight excluding hydrogens is 668 g/mol. The van der Waals surface area contributed by atoms with Crippen LogP contribution in [0.5, 0.6) is 0 Å². The van der Waals surface area contributed by atoms with Crippen molar-refractivity contribution in [3.63, 3.8) is 0 Å². The summed E-state index contributed by atoms with van der Waals surface area (Å²) in [6.07, 6.45) is 0. The first kappa shape index (κ1) is 31.2. The molecule has 2 aromatic heterocycles. The van der Waals surface area contributed by atoms with Crippen molar-refractivity contribution < 1.29 is 8.98 Å². The lowest BCUT2D eigenvalue weighted by Gasteiger charge is -2.20. The van der Waals surface area contributed by atoms with E-state index in [1.807, 2.05) is 115 Å². The van der Waals surface area contributed by atoms with E-state index < -0.39 is 7.14 Å². The Labute approximate surface area is 306 Å². The Morgan fingerprint density at radius 3 is 1.77 bits per heavy atom. The number of hydrogen-bond donors (Lipinski definition) is 0. The van der Waals surface area contributed by atoms with Gasteiger partial charge in [-0.3, -0.25) is 0 Å². The van der Waals surface area contributed by atoms with Gasteiger partial charge in [-0.25, -0.2) is 9.97 Å². The number of fused-ring (bicyclic) bond motifs is 6. The summed E-state index contributed by atoms with van der Waals surface area (Å²) < 4.78 is 21.2. The Kier molecular flexibility index (Phi) is 7.38. The molecule has 53 heavy (non-hydrogen) atoms. The van der Waals surface area contributed by atoms with Gasteiger partial charge in [0.1, 0.15) is 5.52 Å². The molecule has 8 aromatic carbocycles. The molecule has 0 saturated heterocycles. The minimum absolute atomic E-state index is 0.605. The van der Waals surface area contributed by atoms with Gasteiger partial charge in [0.2, 0.25) is 5.89 Å². The molecule has 0 atom stereocenters. The lowest BCUT2D eigenvalue weighted by molar-refractivity contribution is 0.592. The predicted octanol–water partition coefficient (Wildman–Crippen LogP) is 11.3. The molecule has 0 aliphatic carbocycles. The lowest BCUT2D eigenvalue weighted by atomic mass is 9.96. The SMILES string of the molecule is O=P(c1ccccc1)(c1ccccc1)c1ccc2cc(-c3ccc(-c4nc5ccccc5c5c4ccc4oc(-c6ccccc6)nc45)cc3)ccc2c1. The molecule has 0 spiro atoms. The highest BCUT2D eigenvalue weighted by molar-refractivity contribution is 7.85. The molecule has 4 nitrogen and oxygen atoms in total. The maximum absolute atomic E-state index is 15.0. The summed E-state index contributed by atoms with van der Waals surface area (Å²) in [4.78, 5) is 10.2. The summed E-state index contributed by atoms with van der Waals surface area (Å²) in [5.41, 5.74) is 7.59. The average Bonchev–Trinajstić information content (AvgIpc) is 3.69. The molecule has 0 bridgehead atoms. The van der Waals surface area contributed by atoms with Crippen molar-refractivity contribution in [2.75, 3.05) is 0 Å². The third-order valence-electron chi connectivity index (χ3n) is 10.2. The molecular formula is C48H31N2O2P. The molecule has 10 rings (SSSR count). The molecule has 0 aliphatic rings. The van der Waals surface area contributed by atoms with Crippen LogP contribution < -0.4 is 15.9 Å². The normalized spacial score (nSPS) is 11.8. The van der Waals surface area contributed by atoms with Crippen LogP contribution in [0.2, 0.25) is 0 Å². The monoisotopic (exact) mass is 698 g/mol. The smallest absolute Gasteiger partial charge is 0.227 e. The molecule has 0 aliphatic heterocycles. The number of benzene rings is 8. The van der Waals surface area contributed by atoms with Crippen molar-refractivity contribution in [1.29, 1.82) is 0 Å².